The van der Waals surface area contributed by atoms with E-state index in [9.17, 15) is 9.59 Å². The summed E-state index contributed by atoms with van der Waals surface area (Å²) in [6.45, 7) is 1.96. The van der Waals surface area contributed by atoms with Crippen LogP contribution in [0.3, 0.4) is 0 Å². The van der Waals surface area contributed by atoms with Crippen LogP contribution in [0.15, 0.2) is 12.1 Å². The van der Waals surface area contributed by atoms with Gasteiger partial charge in [-0.1, -0.05) is 11.6 Å². The summed E-state index contributed by atoms with van der Waals surface area (Å²) in [5.74, 6) is -0.334. The molecule has 110 valence electrons. The zero-order chi connectivity index (χ0) is 14.5. The van der Waals surface area contributed by atoms with E-state index in [-0.39, 0.29) is 24.2 Å². The summed E-state index contributed by atoms with van der Waals surface area (Å²) in [6, 6.07) is 3.69. The largest absolute Gasteiger partial charge is 0.383 e. The number of rotatable bonds is 6. The lowest BCUT2D eigenvalue weighted by molar-refractivity contribution is -0.129. The smallest absolute Gasteiger partial charge is 0.225 e. The van der Waals surface area contributed by atoms with Crippen molar-refractivity contribution in [1.82, 2.24) is 10.2 Å². The summed E-state index contributed by atoms with van der Waals surface area (Å²) in [4.78, 5) is 26.5. The van der Waals surface area contributed by atoms with Gasteiger partial charge in [0.25, 0.3) is 0 Å². The third-order valence-electron chi connectivity index (χ3n) is 3.22. The van der Waals surface area contributed by atoms with Gasteiger partial charge >= 0.3 is 0 Å². The van der Waals surface area contributed by atoms with Crippen LogP contribution < -0.4 is 5.32 Å². The van der Waals surface area contributed by atoms with Crippen molar-refractivity contribution in [2.24, 2.45) is 5.92 Å². The quantitative estimate of drug-likeness (QED) is 0.865. The molecule has 1 aliphatic heterocycles. The zero-order valence-corrected chi connectivity index (χ0v) is 12.8. The number of nitrogens with one attached hydrogen (secondary N) is 1. The number of amides is 2. The summed E-state index contributed by atoms with van der Waals surface area (Å²) >= 11 is 7.27. The Hall–Kier alpha value is -1.11. The number of carbonyl (C=O) groups excluding carboxylic acids is 2. The molecule has 1 fully saturated rings. The Kier molecular flexibility index (Phi) is 5.39. The monoisotopic (exact) mass is 316 g/mol. The Morgan fingerprint density at radius 3 is 3.05 bits per heavy atom. The van der Waals surface area contributed by atoms with Crippen LogP contribution in [0.1, 0.15) is 11.3 Å². The molecule has 1 N–H and O–H groups in total. The highest BCUT2D eigenvalue weighted by atomic mass is 35.5. The Morgan fingerprint density at radius 1 is 1.60 bits per heavy atom. The lowest BCUT2D eigenvalue weighted by Gasteiger charge is -2.15. The van der Waals surface area contributed by atoms with Crippen molar-refractivity contribution in [1.29, 1.82) is 0 Å². The van der Waals surface area contributed by atoms with E-state index in [4.69, 9.17) is 16.3 Å². The van der Waals surface area contributed by atoms with Gasteiger partial charge in [-0.15, -0.1) is 11.3 Å². The van der Waals surface area contributed by atoms with Gasteiger partial charge in [0.2, 0.25) is 11.8 Å². The first-order valence-corrected chi connectivity index (χ1v) is 7.58. The van der Waals surface area contributed by atoms with E-state index in [1.165, 1.54) is 11.3 Å². The number of ether oxygens (including phenoxy) is 1. The maximum atomic E-state index is 12.0. The second kappa shape index (κ2) is 7.06. The molecule has 2 amide bonds. The Bertz CT molecular complexity index is 492. The number of carbonyl (C=O) groups is 2. The normalized spacial score (nSPS) is 18.6. The van der Waals surface area contributed by atoms with Crippen molar-refractivity contribution < 1.29 is 14.3 Å². The third-order valence-corrected chi connectivity index (χ3v) is 4.45. The maximum absolute atomic E-state index is 12.0. The molecule has 0 radical (unpaired) electrons. The average Bonchev–Trinajstić information content (AvgIpc) is 3.00. The molecule has 0 bridgehead atoms. The number of thiophene rings is 1. The summed E-state index contributed by atoms with van der Waals surface area (Å²) in [5, 5.41) is 2.85. The van der Waals surface area contributed by atoms with Crippen LogP contribution in [0.25, 0.3) is 0 Å². The van der Waals surface area contributed by atoms with Gasteiger partial charge in [0.05, 0.1) is 23.4 Å². The predicted molar refractivity (Wildman–Crippen MR) is 77.7 cm³/mol. The van der Waals surface area contributed by atoms with E-state index in [1.54, 1.807) is 18.1 Å². The van der Waals surface area contributed by atoms with Gasteiger partial charge in [-0.25, -0.2) is 0 Å². The minimum absolute atomic E-state index is 0.0152. The van der Waals surface area contributed by atoms with Crippen molar-refractivity contribution in [3.63, 3.8) is 0 Å². The summed E-state index contributed by atoms with van der Waals surface area (Å²) in [6.07, 6.45) is 0.279. The fraction of sp³-hybridized carbons (Fsp3) is 0.538. The standard InChI is InChI=1S/C13H17ClN2O3S/c1-19-5-4-16-8-9(6-12(16)17)13(18)15-7-10-2-3-11(14)20-10/h2-3,9H,4-8H2,1H3,(H,15,18)/t9-/m1/s1. The van der Waals surface area contributed by atoms with Gasteiger partial charge in [0, 0.05) is 31.5 Å². The van der Waals surface area contributed by atoms with Crippen LogP contribution in [0.5, 0.6) is 0 Å². The molecule has 2 rings (SSSR count). The maximum Gasteiger partial charge on any atom is 0.225 e. The highest BCUT2D eigenvalue weighted by molar-refractivity contribution is 7.16. The van der Waals surface area contributed by atoms with Crippen LogP contribution in [0.4, 0.5) is 0 Å². The highest BCUT2D eigenvalue weighted by Gasteiger charge is 2.33. The first-order chi connectivity index (χ1) is 9.60. The number of halogens is 1. The molecule has 1 aromatic heterocycles. The van der Waals surface area contributed by atoms with Crippen LogP contribution in [0.2, 0.25) is 4.34 Å². The van der Waals surface area contributed by atoms with E-state index in [0.29, 0.717) is 30.6 Å². The van der Waals surface area contributed by atoms with E-state index >= 15 is 0 Å². The van der Waals surface area contributed by atoms with Gasteiger partial charge in [0.15, 0.2) is 0 Å². The van der Waals surface area contributed by atoms with Crippen LogP contribution in [-0.4, -0.2) is 43.5 Å². The fourth-order valence-electron chi connectivity index (χ4n) is 2.13. The number of hydrogen-bond donors (Lipinski definition) is 1. The summed E-state index contributed by atoms with van der Waals surface area (Å²) < 4.78 is 5.65. The van der Waals surface area contributed by atoms with Crippen molar-refractivity contribution >= 4 is 34.8 Å². The third kappa shape index (κ3) is 3.94. The SMILES string of the molecule is COCCN1C[C@H](C(=O)NCc2ccc(Cl)s2)CC1=O. The Labute approximate surface area is 126 Å². The fourth-order valence-corrected chi connectivity index (χ4v) is 3.16. The zero-order valence-electron chi connectivity index (χ0n) is 11.2. The Balaban J connectivity index is 1.80. The van der Waals surface area contributed by atoms with E-state index in [1.807, 2.05) is 6.07 Å². The van der Waals surface area contributed by atoms with E-state index < -0.39 is 0 Å². The Morgan fingerprint density at radius 2 is 2.40 bits per heavy atom. The van der Waals surface area contributed by atoms with Gasteiger partial charge in [-0.05, 0) is 12.1 Å². The first kappa shape index (κ1) is 15.3. The minimum Gasteiger partial charge on any atom is -0.383 e. The van der Waals surface area contributed by atoms with Crippen molar-refractivity contribution in [2.45, 2.75) is 13.0 Å². The van der Waals surface area contributed by atoms with Crippen LogP contribution in [-0.2, 0) is 20.9 Å². The van der Waals surface area contributed by atoms with Gasteiger partial charge in [-0.3, -0.25) is 9.59 Å². The predicted octanol–water partition coefficient (Wildman–Crippen LogP) is 1.51. The molecule has 1 aliphatic rings. The van der Waals surface area contributed by atoms with Gasteiger partial charge in [0.1, 0.15) is 0 Å². The van der Waals surface area contributed by atoms with Gasteiger partial charge < -0.3 is 15.0 Å². The molecule has 5 nitrogen and oxygen atoms in total. The first-order valence-electron chi connectivity index (χ1n) is 6.38. The molecular formula is C13H17ClN2O3S. The molecular weight excluding hydrogens is 300 g/mol. The number of methoxy groups -OCH3 is 1. The van der Waals surface area contributed by atoms with Crippen molar-refractivity contribution in [3.05, 3.63) is 21.3 Å². The molecule has 0 saturated carbocycles. The van der Waals surface area contributed by atoms with Crippen LogP contribution in [0, 0.1) is 5.92 Å². The van der Waals surface area contributed by atoms with Crippen molar-refractivity contribution in [2.75, 3.05) is 26.8 Å². The molecule has 0 spiro atoms. The molecule has 0 aromatic carbocycles. The highest BCUT2D eigenvalue weighted by Crippen LogP contribution is 2.22. The molecule has 7 heteroatoms. The lowest BCUT2D eigenvalue weighted by atomic mass is 10.1. The molecule has 1 atom stereocenters. The molecule has 0 unspecified atom stereocenters. The van der Waals surface area contributed by atoms with Gasteiger partial charge in [-0.2, -0.15) is 0 Å². The summed E-state index contributed by atoms with van der Waals surface area (Å²) in [5.41, 5.74) is 0. The van der Waals surface area contributed by atoms with Crippen molar-refractivity contribution in [3.8, 4) is 0 Å². The second-order valence-electron chi connectivity index (χ2n) is 4.66. The average molecular weight is 317 g/mol. The second-order valence-corrected chi connectivity index (χ2v) is 6.46. The van der Waals surface area contributed by atoms with E-state index in [0.717, 1.165) is 4.88 Å². The minimum atomic E-state index is -0.269. The number of nitrogens with zero attached hydrogens (tertiary/aromatic N) is 1. The molecule has 1 aromatic rings. The topological polar surface area (TPSA) is 58.6 Å². The lowest BCUT2D eigenvalue weighted by Crippen LogP contribution is -2.33. The summed E-state index contributed by atoms with van der Waals surface area (Å²) in [7, 11) is 1.59. The van der Waals surface area contributed by atoms with Crippen LogP contribution >= 0.6 is 22.9 Å². The molecule has 20 heavy (non-hydrogen) atoms. The molecule has 2 heterocycles. The van der Waals surface area contributed by atoms with E-state index in [2.05, 4.69) is 5.32 Å². The molecule has 1 saturated heterocycles. The number of hydrogen-bond acceptors (Lipinski definition) is 4. The number of likely N-dealkylation sites (tertiary alicyclic amines) is 1. The molecule has 0 aliphatic carbocycles.